The Hall–Kier alpha value is -1.33. The molecule has 5 heteroatoms. The van der Waals surface area contributed by atoms with E-state index in [1.54, 1.807) is 6.92 Å². The SMILES string of the molecule is CC(=O)N1CC[C@@]2(CO)CN(Cc3ccc(C)o3)C[C@H]2C1. The van der Waals surface area contributed by atoms with Gasteiger partial charge in [0.2, 0.25) is 5.91 Å². The standard InChI is InChI=1S/C16H24N2O3/c1-12-3-4-15(21-12)9-17-7-14-8-18(13(2)20)6-5-16(14,10-17)11-19/h3-4,14,19H,5-11H2,1-2H3/t14-,16-/m0/s1. The summed E-state index contributed by atoms with van der Waals surface area (Å²) in [4.78, 5) is 15.9. The highest BCUT2D eigenvalue weighted by Gasteiger charge is 2.49. The molecule has 116 valence electrons. The molecule has 1 amide bonds. The van der Waals surface area contributed by atoms with Gasteiger partial charge in [-0.3, -0.25) is 9.69 Å². The molecular formula is C16H24N2O3. The molecule has 1 N–H and O–H groups in total. The predicted octanol–water partition coefficient (Wildman–Crippen LogP) is 1.25. The molecule has 2 aliphatic rings. The van der Waals surface area contributed by atoms with Crippen molar-refractivity contribution in [2.45, 2.75) is 26.8 Å². The quantitative estimate of drug-likeness (QED) is 0.911. The summed E-state index contributed by atoms with van der Waals surface area (Å²) < 4.78 is 5.66. The molecule has 5 nitrogen and oxygen atoms in total. The summed E-state index contributed by atoms with van der Waals surface area (Å²) in [5.41, 5.74) is -0.0480. The van der Waals surface area contributed by atoms with Gasteiger partial charge in [-0.1, -0.05) is 0 Å². The maximum absolute atomic E-state index is 11.6. The zero-order chi connectivity index (χ0) is 15.0. The number of aliphatic hydroxyl groups excluding tert-OH is 1. The van der Waals surface area contributed by atoms with Gasteiger partial charge in [0.15, 0.2) is 0 Å². The number of likely N-dealkylation sites (tertiary alicyclic amines) is 2. The number of amides is 1. The summed E-state index contributed by atoms with van der Waals surface area (Å²) in [5.74, 6) is 2.40. The number of furan rings is 1. The first kappa shape index (κ1) is 14.6. The third kappa shape index (κ3) is 2.72. The van der Waals surface area contributed by atoms with E-state index < -0.39 is 0 Å². The first-order chi connectivity index (χ1) is 10.0. The molecule has 0 bridgehead atoms. The summed E-state index contributed by atoms with van der Waals surface area (Å²) in [6.07, 6.45) is 0.890. The van der Waals surface area contributed by atoms with Crippen molar-refractivity contribution in [2.75, 3.05) is 32.8 Å². The first-order valence-electron chi connectivity index (χ1n) is 7.66. The van der Waals surface area contributed by atoms with E-state index >= 15 is 0 Å². The smallest absolute Gasteiger partial charge is 0.219 e. The number of hydrogen-bond donors (Lipinski definition) is 1. The Morgan fingerprint density at radius 3 is 2.90 bits per heavy atom. The Labute approximate surface area is 125 Å². The van der Waals surface area contributed by atoms with Crippen molar-refractivity contribution in [1.82, 2.24) is 9.80 Å². The van der Waals surface area contributed by atoms with Crippen molar-refractivity contribution in [3.8, 4) is 0 Å². The van der Waals surface area contributed by atoms with Gasteiger partial charge in [0, 0.05) is 38.5 Å². The van der Waals surface area contributed by atoms with Crippen molar-refractivity contribution in [1.29, 1.82) is 0 Å². The van der Waals surface area contributed by atoms with Crippen LogP contribution in [0.4, 0.5) is 0 Å². The van der Waals surface area contributed by atoms with E-state index in [9.17, 15) is 9.90 Å². The van der Waals surface area contributed by atoms with Crippen LogP contribution >= 0.6 is 0 Å². The highest BCUT2D eigenvalue weighted by atomic mass is 16.3. The Bertz CT molecular complexity index is 527. The molecule has 0 aliphatic carbocycles. The summed E-state index contributed by atoms with van der Waals surface area (Å²) in [6.45, 7) is 7.91. The van der Waals surface area contributed by atoms with Gasteiger partial charge in [-0.05, 0) is 31.4 Å². The van der Waals surface area contributed by atoms with Gasteiger partial charge in [-0.15, -0.1) is 0 Å². The first-order valence-corrected chi connectivity index (χ1v) is 7.66. The van der Waals surface area contributed by atoms with Crippen LogP contribution in [0.25, 0.3) is 0 Å². The lowest BCUT2D eigenvalue weighted by atomic mass is 9.73. The Kier molecular flexibility index (Phi) is 3.80. The van der Waals surface area contributed by atoms with Gasteiger partial charge in [-0.2, -0.15) is 0 Å². The van der Waals surface area contributed by atoms with Crippen LogP contribution < -0.4 is 0 Å². The van der Waals surface area contributed by atoms with Crippen molar-refractivity contribution in [3.63, 3.8) is 0 Å². The molecule has 3 rings (SSSR count). The van der Waals surface area contributed by atoms with Crippen LogP contribution in [0.5, 0.6) is 0 Å². The molecule has 2 atom stereocenters. The average Bonchev–Trinajstić information content (AvgIpc) is 3.01. The van der Waals surface area contributed by atoms with Crippen molar-refractivity contribution in [3.05, 3.63) is 23.7 Å². The van der Waals surface area contributed by atoms with E-state index in [-0.39, 0.29) is 17.9 Å². The fraction of sp³-hybridized carbons (Fsp3) is 0.688. The maximum atomic E-state index is 11.6. The molecule has 0 unspecified atom stereocenters. The van der Waals surface area contributed by atoms with Crippen LogP contribution in [0.3, 0.4) is 0 Å². The van der Waals surface area contributed by atoms with Crippen molar-refractivity contribution >= 4 is 5.91 Å². The highest BCUT2D eigenvalue weighted by molar-refractivity contribution is 5.73. The van der Waals surface area contributed by atoms with Crippen molar-refractivity contribution in [2.24, 2.45) is 11.3 Å². The van der Waals surface area contributed by atoms with Gasteiger partial charge in [0.25, 0.3) is 0 Å². The van der Waals surface area contributed by atoms with Gasteiger partial charge < -0.3 is 14.4 Å². The second-order valence-electron chi connectivity index (χ2n) is 6.61. The molecule has 1 aromatic rings. The molecule has 0 radical (unpaired) electrons. The van der Waals surface area contributed by atoms with Crippen LogP contribution in [0, 0.1) is 18.3 Å². The fourth-order valence-electron chi connectivity index (χ4n) is 3.85. The molecule has 21 heavy (non-hydrogen) atoms. The van der Waals surface area contributed by atoms with Gasteiger partial charge in [-0.25, -0.2) is 0 Å². The number of fused-ring (bicyclic) bond motifs is 1. The summed E-state index contributed by atoms with van der Waals surface area (Å²) in [5, 5.41) is 9.91. The van der Waals surface area contributed by atoms with Crippen LogP contribution in [0.15, 0.2) is 16.5 Å². The molecular weight excluding hydrogens is 268 g/mol. The summed E-state index contributed by atoms with van der Waals surface area (Å²) >= 11 is 0. The number of carbonyl (C=O) groups is 1. The van der Waals surface area contributed by atoms with Crippen LogP contribution in [0.1, 0.15) is 24.9 Å². The second kappa shape index (κ2) is 5.46. The maximum Gasteiger partial charge on any atom is 0.219 e. The topological polar surface area (TPSA) is 56.9 Å². The average molecular weight is 292 g/mol. The Morgan fingerprint density at radius 2 is 2.29 bits per heavy atom. The van der Waals surface area contributed by atoms with Crippen LogP contribution in [-0.2, 0) is 11.3 Å². The van der Waals surface area contributed by atoms with Gasteiger partial charge >= 0.3 is 0 Å². The van der Waals surface area contributed by atoms with E-state index in [4.69, 9.17) is 4.42 Å². The van der Waals surface area contributed by atoms with E-state index in [2.05, 4.69) is 4.90 Å². The highest BCUT2D eigenvalue weighted by Crippen LogP contribution is 2.42. The van der Waals surface area contributed by atoms with E-state index in [1.807, 2.05) is 24.0 Å². The van der Waals surface area contributed by atoms with Gasteiger partial charge in [0.05, 0.1) is 13.2 Å². The van der Waals surface area contributed by atoms with E-state index in [1.165, 1.54) is 0 Å². The predicted molar refractivity (Wildman–Crippen MR) is 78.6 cm³/mol. The minimum absolute atomic E-state index is 0.0480. The number of rotatable bonds is 3. The largest absolute Gasteiger partial charge is 0.465 e. The number of aliphatic hydroxyl groups is 1. The lowest BCUT2D eigenvalue weighted by molar-refractivity contribution is -0.133. The Morgan fingerprint density at radius 1 is 1.48 bits per heavy atom. The number of piperidine rings is 1. The minimum atomic E-state index is -0.0480. The number of carbonyl (C=O) groups excluding carboxylic acids is 1. The number of hydrogen-bond acceptors (Lipinski definition) is 4. The van der Waals surface area contributed by atoms with Gasteiger partial charge in [0.1, 0.15) is 11.5 Å². The molecule has 2 aliphatic heterocycles. The lowest BCUT2D eigenvalue weighted by Gasteiger charge is -2.42. The van der Waals surface area contributed by atoms with Crippen molar-refractivity contribution < 1.29 is 14.3 Å². The van der Waals surface area contributed by atoms with E-state index in [0.717, 1.165) is 50.7 Å². The summed E-state index contributed by atoms with van der Waals surface area (Å²) in [6, 6.07) is 4.00. The Balaban J connectivity index is 1.70. The molecule has 0 saturated carbocycles. The van der Waals surface area contributed by atoms with E-state index in [0.29, 0.717) is 5.92 Å². The number of nitrogens with zero attached hydrogens (tertiary/aromatic N) is 2. The fourth-order valence-corrected chi connectivity index (χ4v) is 3.85. The van der Waals surface area contributed by atoms with Crippen LogP contribution in [-0.4, -0.2) is 53.6 Å². The third-order valence-electron chi connectivity index (χ3n) is 5.14. The molecule has 1 aromatic heterocycles. The monoisotopic (exact) mass is 292 g/mol. The molecule has 2 fully saturated rings. The van der Waals surface area contributed by atoms with Crippen LogP contribution in [0.2, 0.25) is 0 Å². The number of aryl methyl sites for hydroxylation is 1. The lowest BCUT2D eigenvalue weighted by Crippen LogP contribution is -2.50. The zero-order valence-corrected chi connectivity index (χ0v) is 12.8. The molecule has 0 spiro atoms. The molecule has 0 aromatic carbocycles. The summed E-state index contributed by atoms with van der Waals surface area (Å²) in [7, 11) is 0. The minimum Gasteiger partial charge on any atom is -0.465 e. The molecule has 2 saturated heterocycles. The second-order valence-corrected chi connectivity index (χ2v) is 6.61. The normalized spacial score (nSPS) is 29.7. The third-order valence-corrected chi connectivity index (χ3v) is 5.14. The molecule has 3 heterocycles. The zero-order valence-electron chi connectivity index (χ0n) is 12.8.